The maximum Gasteiger partial charge on any atom is 0.250 e. The van der Waals surface area contributed by atoms with Crippen molar-refractivity contribution in [3.8, 4) is 0 Å². The summed E-state index contributed by atoms with van der Waals surface area (Å²) in [6.07, 6.45) is 4.90. The Kier molecular flexibility index (Phi) is 4.03. The molecule has 3 heterocycles. The molecule has 0 fully saturated rings. The first kappa shape index (κ1) is 15.5. The maximum absolute atomic E-state index is 11.8. The molecule has 6 nitrogen and oxygen atoms in total. The molecule has 3 aromatic heterocycles. The van der Waals surface area contributed by atoms with Gasteiger partial charge in [-0.25, -0.2) is 14.6 Å². The molecular weight excluding hydrogens is 338 g/mol. The predicted molar refractivity (Wildman–Crippen MR) is 95.7 cm³/mol. The highest BCUT2D eigenvalue weighted by molar-refractivity contribution is 6.33. The van der Waals surface area contributed by atoms with E-state index in [0.29, 0.717) is 23.9 Å². The standard InChI is InChI=1S/C18H14ClN5O/c19-17-15-9-22-24(18(15)21-12-20-17)11-14-6-4-13(5-7-14)10-23-8-2-1-3-16(23)25/h1-9,12H,10-11H2. The number of benzene rings is 1. The first-order valence-corrected chi connectivity index (χ1v) is 8.14. The molecular formula is C18H14ClN5O. The number of aromatic nitrogens is 5. The minimum absolute atomic E-state index is 0.00819. The van der Waals surface area contributed by atoms with E-state index in [-0.39, 0.29) is 5.56 Å². The fourth-order valence-electron chi connectivity index (χ4n) is 2.69. The quantitative estimate of drug-likeness (QED) is 0.530. The number of halogens is 1. The van der Waals surface area contributed by atoms with Crippen molar-refractivity contribution in [3.05, 3.63) is 87.8 Å². The van der Waals surface area contributed by atoms with Crippen LogP contribution in [-0.2, 0) is 13.1 Å². The fourth-order valence-corrected chi connectivity index (χ4v) is 2.87. The van der Waals surface area contributed by atoms with Gasteiger partial charge in [-0.1, -0.05) is 41.9 Å². The summed E-state index contributed by atoms with van der Waals surface area (Å²) in [4.78, 5) is 20.0. The number of nitrogens with zero attached hydrogens (tertiary/aromatic N) is 5. The molecule has 1 aromatic carbocycles. The monoisotopic (exact) mass is 351 g/mol. The zero-order valence-electron chi connectivity index (χ0n) is 13.2. The van der Waals surface area contributed by atoms with Gasteiger partial charge in [0.05, 0.1) is 24.7 Å². The normalized spacial score (nSPS) is 11.1. The molecule has 4 rings (SSSR count). The van der Waals surface area contributed by atoms with Crippen molar-refractivity contribution in [1.82, 2.24) is 24.3 Å². The molecule has 4 aromatic rings. The lowest BCUT2D eigenvalue weighted by molar-refractivity contribution is 0.702. The zero-order valence-corrected chi connectivity index (χ0v) is 14.0. The van der Waals surface area contributed by atoms with Crippen molar-refractivity contribution >= 4 is 22.6 Å². The predicted octanol–water partition coefficient (Wildman–Crippen LogP) is 2.74. The Labute approximate surface area is 148 Å². The second-order valence-electron chi connectivity index (χ2n) is 5.69. The third-order valence-electron chi connectivity index (χ3n) is 3.99. The van der Waals surface area contributed by atoms with E-state index >= 15 is 0 Å². The Bertz CT molecular complexity index is 1080. The Hall–Kier alpha value is -2.99. The lowest BCUT2D eigenvalue weighted by atomic mass is 10.1. The first-order valence-electron chi connectivity index (χ1n) is 7.76. The Morgan fingerprint density at radius 3 is 2.48 bits per heavy atom. The molecule has 0 saturated carbocycles. The molecule has 0 atom stereocenters. The number of fused-ring (bicyclic) bond motifs is 1. The van der Waals surface area contributed by atoms with E-state index in [4.69, 9.17) is 11.6 Å². The van der Waals surface area contributed by atoms with Gasteiger partial charge in [-0.05, 0) is 17.2 Å². The highest BCUT2D eigenvalue weighted by Crippen LogP contribution is 2.19. The average molecular weight is 352 g/mol. The van der Waals surface area contributed by atoms with Crippen molar-refractivity contribution in [1.29, 1.82) is 0 Å². The van der Waals surface area contributed by atoms with E-state index in [1.807, 2.05) is 30.3 Å². The van der Waals surface area contributed by atoms with E-state index in [1.54, 1.807) is 33.8 Å². The van der Waals surface area contributed by atoms with Crippen molar-refractivity contribution in [2.24, 2.45) is 0 Å². The summed E-state index contributed by atoms with van der Waals surface area (Å²) in [5.74, 6) is 0. The molecule has 0 unspecified atom stereocenters. The van der Waals surface area contributed by atoms with Gasteiger partial charge >= 0.3 is 0 Å². The Balaban J connectivity index is 1.55. The van der Waals surface area contributed by atoms with E-state index in [0.717, 1.165) is 16.5 Å². The minimum atomic E-state index is -0.00819. The third-order valence-corrected chi connectivity index (χ3v) is 4.29. The van der Waals surface area contributed by atoms with Crippen LogP contribution in [0.1, 0.15) is 11.1 Å². The van der Waals surface area contributed by atoms with Gasteiger partial charge in [-0.15, -0.1) is 0 Å². The Morgan fingerprint density at radius 1 is 0.960 bits per heavy atom. The number of rotatable bonds is 4. The number of hydrogen-bond donors (Lipinski definition) is 0. The molecule has 0 radical (unpaired) electrons. The number of pyridine rings is 1. The van der Waals surface area contributed by atoms with E-state index in [1.165, 1.54) is 6.33 Å². The summed E-state index contributed by atoms with van der Waals surface area (Å²) in [6, 6.07) is 13.2. The van der Waals surface area contributed by atoms with Crippen molar-refractivity contribution in [3.63, 3.8) is 0 Å². The largest absolute Gasteiger partial charge is 0.311 e. The lowest BCUT2D eigenvalue weighted by Gasteiger charge is -2.07. The topological polar surface area (TPSA) is 65.6 Å². The minimum Gasteiger partial charge on any atom is -0.311 e. The molecule has 7 heteroatoms. The van der Waals surface area contributed by atoms with Crippen LogP contribution in [0.15, 0.2) is 66.0 Å². The van der Waals surface area contributed by atoms with Gasteiger partial charge in [-0.2, -0.15) is 5.10 Å². The smallest absolute Gasteiger partial charge is 0.250 e. The lowest BCUT2D eigenvalue weighted by Crippen LogP contribution is -2.18. The summed E-state index contributed by atoms with van der Waals surface area (Å²) in [6.45, 7) is 1.13. The molecule has 0 bridgehead atoms. The molecule has 0 spiro atoms. The van der Waals surface area contributed by atoms with Crippen molar-refractivity contribution in [2.75, 3.05) is 0 Å². The fraction of sp³-hybridized carbons (Fsp3) is 0.111. The average Bonchev–Trinajstić information content (AvgIpc) is 3.03. The zero-order chi connectivity index (χ0) is 17.2. The summed E-state index contributed by atoms with van der Waals surface area (Å²) in [5, 5.41) is 5.48. The van der Waals surface area contributed by atoms with Gasteiger partial charge in [0.1, 0.15) is 11.5 Å². The van der Waals surface area contributed by atoms with Crippen LogP contribution in [0.4, 0.5) is 0 Å². The van der Waals surface area contributed by atoms with Gasteiger partial charge < -0.3 is 4.57 Å². The van der Waals surface area contributed by atoms with Crippen molar-refractivity contribution < 1.29 is 0 Å². The molecule has 0 aliphatic rings. The Morgan fingerprint density at radius 2 is 1.72 bits per heavy atom. The molecule has 25 heavy (non-hydrogen) atoms. The third kappa shape index (κ3) is 3.16. The van der Waals surface area contributed by atoms with E-state index in [2.05, 4.69) is 15.1 Å². The van der Waals surface area contributed by atoms with Crippen LogP contribution >= 0.6 is 11.6 Å². The van der Waals surface area contributed by atoms with Gasteiger partial charge in [0, 0.05) is 12.3 Å². The summed E-state index contributed by atoms with van der Waals surface area (Å²) in [5.41, 5.74) is 2.85. The molecule has 0 saturated heterocycles. The van der Waals surface area contributed by atoms with Crippen LogP contribution in [0.5, 0.6) is 0 Å². The van der Waals surface area contributed by atoms with Crippen LogP contribution < -0.4 is 5.56 Å². The molecule has 124 valence electrons. The van der Waals surface area contributed by atoms with Crippen LogP contribution in [0, 0.1) is 0 Å². The van der Waals surface area contributed by atoms with Gasteiger partial charge in [0.15, 0.2) is 5.65 Å². The molecule has 0 aliphatic carbocycles. The SMILES string of the molecule is O=c1ccccn1Cc1ccc(Cn2ncc3c(Cl)ncnc32)cc1. The first-order chi connectivity index (χ1) is 12.2. The summed E-state index contributed by atoms with van der Waals surface area (Å²) < 4.78 is 3.47. The van der Waals surface area contributed by atoms with Crippen LogP contribution in [0.2, 0.25) is 5.15 Å². The number of hydrogen-bond acceptors (Lipinski definition) is 4. The molecule has 0 N–H and O–H groups in total. The highest BCUT2D eigenvalue weighted by atomic mass is 35.5. The van der Waals surface area contributed by atoms with Crippen LogP contribution in [-0.4, -0.2) is 24.3 Å². The molecule has 0 amide bonds. The van der Waals surface area contributed by atoms with Gasteiger partial charge in [-0.3, -0.25) is 4.79 Å². The maximum atomic E-state index is 11.8. The summed E-state index contributed by atoms with van der Waals surface area (Å²) in [7, 11) is 0. The van der Waals surface area contributed by atoms with Crippen LogP contribution in [0.25, 0.3) is 11.0 Å². The van der Waals surface area contributed by atoms with Crippen LogP contribution in [0.3, 0.4) is 0 Å². The highest BCUT2D eigenvalue weighted by Gasteiger charge is 2.08. The second kappa shape index (κ2) is 6.49. The van der Waals surface area contributed by atoms with Crippen molar-refractivity contribution in [2.45, 2.75) is 13.1 Å². The van der Waals surface area contributed by atoms with E-state index in [9.17, 15) is 4.79 Å². The second-order valence-corrected chi connectivity index (χ2v) is 6.05. The van der Waals surface area contributed by atoms with E-state index < -0.39 is 0 Å². The van der Waals surface area contributed by atoms with Gasteiger partial charge in [0.2, 0.25) is 0 Å². The summed E-state index contributed by atoms with van der Waals surface area (Å²) >= 11 is 6.05. The molecule has 0 aliphatic heterocycles. The van der Waals surface area contributed by atoms with Gasteiger partial charge in [0.25, 0.3) is 5.56 Å².